The fourth-order valence-corrected chi connectivity index (χ4v) is 2.73. The molecule has 1 heterocycles. The molecule has 1 aromatic rings. The largest absolute Gasteiger partial charge is 0.309 e. The van der Waals surface area contributed by atoms with Gasteiger partial charge in [0.05, 0.1) is 0 Å². The van der Waals surface area contributed by atoms with Gasteiger partial charge in [-0.2, -0.15) is 12.6 Å². The van der Waals surface area contributed by atoms with Crippen LogP contribution >= 0.6 is 24.4 Å². The minimum Gasteiger partial charge on any atom is -0.309 e. The predicted octanol–water partition coefficient (Wildman–Crippen LogP) is 2.17. The lowest BCUT2D eigenvalue weighted by atomic mass is 10.2. The van der Waals surface area contributed by atoms with E-state index in [9.17, 15) is 0 Å². The van der Waals surface area contributed by atoms with E-state index in [1.54, 1.807) is 11.8 Å². The number of nitrogens with zero attached hydrogens (tertiary/aromatic N) is 3. The van der Waals surface area contributed by atoms with Gasteiger partial charge in [0.15, 0.2) is 5.16 Å². The number of aromatic nitrogens is 3. The van der Waals surface area contributed by atoms with Crippen molar-refractivity contribution in [1.82, 2.24) is 14.8 Å². The molecule has 0 amide bonds. The molecule has 0 spiro atoms. The maximum atomic E-state index is 4.32. The highest BCUT2D eigenvalue weighted by molar-refractivity contribution is 7.99. The van der Waals surface area contributed by atoms with Crippen LogP contribution in [-0.4, -0.2) is 26.3 Å². The Labute approximate surface area is 95.1 Å². The monoisotopic (exact) mass is 231 g/mol. The first-order valence-electron chi connectivity index (χ1n) is 4.78. The first-order valence-corrected chi connectivity index (χ1v) is 6.40. The third-order valence-corrected chi connectivity index (χ3v) is 4.10. The van der Waals surface area contributed by atoms with Crippen LogP contribution in [0.5, 0.6) is 0 Å². The Morgan fingerprint density at radius 1 is 1.50 bits per heavy atom. The molecule has 0 bridgehead atoms. The molecule has 1 rings (SSSR count). The Bertz CT molecular complexity index is 282. The van der Waals surface area contributed by atoms with Crippen LogP contribution < -0.4 is 0 Å². The summed E-state index contributed by atoms with van der Waals surface area (Å²) < 4.78 is 2.02. The number of aryl methyl sites for hydroxylation is 1. The number of thiol groups is 1. The van der Waals surface area contributed by atoms with E-state index in [1.807, 2.05) is 18.5 Å². The van der Waals surface area contributed by atoms with E-state index in [1.165, 1.54) is 6.42 Å². The molecule has 14 heavy (non-hydrogen) atoms. The fourth-order valence-electron chi connectivity index (χ4n) is 1.01. The minimum atomic E-state index is 0.667. The summed E-state index contributed by atoms with van der Waals surface area (Å²) >= 11 is 6.08. The van der Waals surface area contributed by atoms with E-state index in [-0.39, 0.29) is 0 Å². The van der Waals surface area contributed by atoms with Gasteiger partial charge < -0.3 is 4.57 Å². The maximum Gasteiger partial charge on any atom is 0.190 e. The van der Waals surface area contributed by atoms with Crippen molar-refractivity contribution in [3.63, 3.8) is 0 Å². The highest BCUT2D eigenvalue weighted by Gasteiger charge is 2.09. The molecule has 80 valence electrons. The second-order valence-corrected chi connectivity index (χ2v) is 4.71. The lowest BCUT2D eigenvalue weighted by Crippen LogP contribution is -2.05. The molecule has 0 saturated carbocycles. The summed E-state index contributed by atoms with van der Waals surface area (Å²) in [5.74, 6) is 3.65. The van der Waals surface area contributed by atoms with Crippen LogP contribution in [0.1, 0.15) is 19.2 Å². The normalized spacial score (nSPS) is 13.1. The van der Waals surface area contributed by atoms with Crippen LogP contribution in [0.3, 0.4) is 0 Å². The van der Waals surface area contributed by atoms with Gasteiger partial charge in [-0.3, -0.25) is 0 Å². The van der Waals surface area contributed by atoms with Gasteiger partial charge in [-0.15, -0.1) is 10.2 Å². The van der Waals surface area contributed by atoms with Crippen molar-refractivity contribution in [2.24, 2.45) is 13.0 Å². The second kappa shape index (κ2) is 5.66. The van der Waals surface area contributed by atoms with Crippen molar-refractivity contribution in [3.05, 3.63) is 5.82 Å². The fraction of sp³-hybridized carbons (Fsp3) is 0.778. The molecule has 1 atom stereocenters. The van der Waals surface area contributed by atoms with E-state index < -0.39 is 0 Å². The SMILES string of the molecule is CCC(CS)CSc1nnc(C)n1C. The van der Waals surface area contributed by atoms with E-state index in [0.29, 0.717) is 5.92 Å². The number of hydrogen-bond acceptors (Lipinski definition) is 4. The topological polar surface area (TPSA) is 30.7 Å². The summed E-state index contributed by atoms with van der Waals surface area (Å²) in [6.45, 7) is 4.16. The van der Waals surface area contributed by atoms with Crippen LogP contribution in [0.4, 0.5) is 0 Å². The van der Waals surface area contributed by atoms with E-state index in [0.717, 1.165) is 22.5 Å². The average Bonchev–Trinajstić information content (AvgIpc) is 2.51. The molecule has 0 fully saturated rings. The molecule has 0 aliphatic rings. The zero-order valence-electron chi connectivity index (χ0n) is 8.90. The molecular formula is C9H17N3S2. The van der Waals surface area contributed by atoms with Crippen molar-refractivity contribution in [1.29, 1.82) is 0 Å². The van der Waals surface area contributed by atoms with Crippen molar-refractivity contribution >= 4 is 24.4 Å². The van der Waals surface area contributed by atoms with Gasteiger partial charge >= 0.3 is 0 Å². The average molecular weight is 231 g/mol. The molecule has 1 aromatic heterocycles. The van der Waals surface area contributed by atoms with E-state index in [2.05, 4.69) is 29.7 Å². The smallest absolute Gasteiger partial charge is 0.190 e. The first-order chi connectivity index (χ1) is 6.69. The van der Waals surface area contributed by atoms with Crippen LogP contribution in [0.25, 0.3) is 0 Å². The van der Waals surface area contributed by atoms with Crippen molar-refractivity contribution in [3.8, 4) is 0 Å². The molecule has 0 aliphatic carbocycles. The molecule has 5 heteroatoms. The Balaban J connectivity index is 2.49. The summed E-state index contributed by atoms with van der Waals surface area (Å²) in [5, 5.41) is 9.13. The number of thioether (sulfide) groups is 1. The Morgan fingerprint density at radius 2 is 2.21 bits per heavy atom. The molecule has 0 radical (unpaired) electrons. The molecule has 3 nitrogen and oxygen atoms in total. The molecule has 0 aromatic carbocycles. The Hall–Kier alpha value is -0.160. The lowest BCUT2D eigenvalue weighted by molar-refractivity contribution is 0.646. The number of hydrogen-bond donors (Lipinski definition) is 1. The Kier molecular flexibility index (Phi) is 4.81. The van der Waals surface area contributed by atoms with Crippen LogP contribution in [0.15, 0.2) is 5.16 Å². The molecule has 0 N–H and O–H groups in total. The van der Waals surface area contributed by atoms with Crippen LogP contribution in [0.2, 0.25) is 0 Å². The summed E-state index contributed by atoms with van der Waals surface area (Å²) in [6.07, 6.45) is 1.17. The van der Waals surface area contributed by atoms with Crippen molar-refractivity contribution in [2.75, 3.05) is 11.5 Å². The third kappa shape index (κ3) is 2.92. The highest BCUT2D eigenvalue weighted by Crippen LogP contribution is 2.20. The predicted molar refractivity (Wildman–Crippen MR) is 64.1 cm³/mol. The van der Waals surface area contributed by atoms with Gasteiger partial charge in [-0.1, -0.05) is 25.1 Å². The summed E-state index contributed by atoms with van der Waals surface area (Å²) in [6, 6.07) is 0. The number of rotatable bonds is 5. The van der Waals surface area contributed by atoms with Crippen LogP contribution in [0, 0.1) is 12.8 Å². The lowest BCUT2D eigenvalue weighted by Gasteiger charge is -2.09. The quantitative estimate of drug-likeness (QED) is 0.622. The molecule has 0 saturated heterocycles. The van der Waals surface area contributed by atoms with Crippen LogP contribution in [-0.2, 0) is 7.05 Å². The minimum absolute atomic E-state index is 0.667. The Morgan fingerprint density at radius 3 is 2.64 bits per heavy atom. The van der Waals surface area contributed by atoms with E-state index >= 15 is 0 Å². The third-order valence-electron chi connectivity index (χ3n) is 2.34. The van der Waals surface area contributed by atoms with Crippen molar-refractivity contribution < 1.29 is 0 Å². The highest BCUT2D eigenvalue weighted by atomic mass is 32.2. The zero-order chi connectivity index (χ0) is 10.6. The standard InChI is InChI=1S/C9H17N3S2/c1-4-8(5-13)6-14-9-11-10-7(2)12(9)3/h8,13H,4-6H2,1-3H3. The van der Waals surface area contributed by atoms with Crippen molar-refractivity contribution in [2.45, 2.75) is 25.4 Å². The molecule has 1 unspecified atom stereocenters. The summed E-state index contributed by atoms with van der Waals surface area (Å²) in [7, 11) is 2.00. The van der Waals surface area contributed by atoms with Gasteiger partial charge in [0, 0.05) is 12.8 Å². The molecule has 0 aliphatic heterocycles. The van der Waals surface area contributed by atoms with Gasteiger partial charge in [-0.25, -0.2) is 0 Å². The van der Waals surface area contributed by atoms with Gasteiger partial charge in [0.25, 0.3) is 0 Å². The maximum absolute atomic E-state index is 4.32. The first kappa shape index (κ1) is 11.9. The zero-order valence-corrected chi connectivity index (χ0v) is 10.6. The summed E-state index contributed by atoms with van der Waals surface area (Å²) in [5.41, 5.74) is 0. The van der Waals surface area contributed by atoms with E-state index in [4.69, 9.17) is 0 Å². The second-order valence-electron chi connectivity index (χ2n) is 3.36. The summed E-state index contributed by atoms with van der Waals surface area (Å²) in [4.78, 5) is 0. The van der Waals surface area contributed by atoms with Gasteiger partial charge in [-0.05, 0) is 18.6 Å². The molecular weight excluding hydrogens is 214 g/mol. The van der Waals surface area contributed by atoms with Gasteiger partial charge in [0.2, 0.25) is 0 Å². The van der Waals surface area contributed by atoms with Gasteiger partial charge in [0.1, 0.15) is 5.82 Å².